The Morgan fingerprint density at radius 1 is 1.05 bits per heavy atom. The average Bonchev–Trinajstić information content (AvgIpc) is 2.88. The maximum absolute atomic E-state index is 6.13. The van der Waals surface area contributed by atoms with Gasteiger partial charge < -0.3 is 18.8 Å². The third-order valence-corrected chi connectivity index (χ3v) is 5.25. The second-order valence-corrected chi connectivity index (χ2v) is 7.13. The van der Waals surface area contributed by atoms with Crippen LogP contribution in [-0.2, 0) is 18.8 Å². The Kier molecular flexibility index (Phi) is 3.33. The summed E-state index contributed by atoms with van der Waals surface area (Å²) in [4.78, 5) is 0. The van der Waals surface area contributed by atoms with Crippen LogP contribution in [0.4, 0.5) is 0 Å². The zero-order valence-corrected chi connectivity index (χ0v) is 13.2. The van der Waals surface area contributed by atoms with E-state index >= 15 is 0 Å². The Morgan fingerprint density at radius 3 is 2.10 bits per heavy atom. The van der Waals surface area contributed by atoms with Crippen LogP contribution in [0.3, 0.4) is 0 Å². The monoisotopic (exact) mass is 280 g/mol. The Bertz CT molecular complexity index is 408. The van der Waals surface area contributed by atoms with E-state index in [0.29, 0.717) is 13.2 Å². The summed E-state index contributed by atoms with van der Waals surface area (Å²) in [7, 11) is -0.235. The number of hydrogen-bond acceptors (Lipinski definition) is 4. The molecule has 0 amide bonds. The molecule has 20 heavy (non-hydrogen) atoms. The van der Waals surface area contributed by atoms with Crippen molar-refractivity contribution in [2.75, 3.05) is 13.2 Å². The Balaban J connectivity index is 1.77. The smallest absolute Gasteiger partial charge is 0.400 e. The third-order valence-electron chi connectivity index (χ3n) is 5.25. The van der Waals surface area contributed by atoms with Crippen LogP contribution < -0.4 is 0 Å². The minimum absolute atomic E-state index is 0.229. The first-order valence-corrected chi connectivity index (χ1v) is 7.60. The van der Waals surface area contributed by atoms with Gasteiger partial charge in [0.05, 0.1) is 24.4 Å². The average molecular weight is 280 g/mol. The van der Waals surface area contributed by atoms with Gasteiger partial charge in [0.2, 0.25) is 0 Å². The summed E-state index contributed by atoms with van der Waals surface area (Å²) >= 11 is 0. The lowest BCUT2D eigenvalue weighted by Crippen LogP contribution is -2.41. The van der Waals surface area contributed by atoms with Crippen LogP contribution in [0.25, 0.3) is 0 Å². The molecule has 0 aromatic carbocycles. The van der Waals surface area contributed by atoms with Crippen molar-refractivity contribution in [3.05, 3.63) is 11.5 Å². The molecular formula is C15H25BO4. The minimum Gasteiger partial charge on any atom is -0.400 e. The first-order chi connectivity index (χ1) is 9.26. The number of allylic oxidation sites excluding steroid dienone is 1. The van der Waals surface area contributed by atoms with Crippen molar-refractivity contribution >= 4 is 7.12 Å². The summed E-state index contributed by atoms with van der Waals surface area (Å²) < 4.78 is 23.9. The molecule has 1 atom stereocenters. The fourth-order valence-corrected chi connectivity index (χ4v) is 3.15. The second kappa shape index (κ2) is 4.57. The van der Waals surface area contributed by atoms with Crippen molar-refractivity contribution in [3.8, 4) is 0 Å². The van der Waals surface area contributed by atoms with Crippen LogP contribution in [0.1, 0.15) is 47.5 Å². The molecule has 2 saturated heterocycles. The largest absolute Gasteiger partial charge is 0.490 e. The Hall–Kier alpha value is -0.355. The van der Waals surface area contributed by atoms with E-state index in [9.17, 15) is 0 Å². The lowest BCUT2D eigenvalue weighted by Gasteiger charge is -2.36. The summed E-state index contributed by atoms with van der Waals surface area (Å²) in [5.41, 5.74) is 0.662. The van der Waals surface area contributed by atoms with Crippen molar-refractivity contribution in [2.24, 2.45) is 5.92 Å². The van der Waals surface area contributed by atoms with Gasteiger partial charge in [0.25, 0.3) is 0 Å². The number of hydrogen-bond donors (Lipinski definition) is 0. The van der Waals surface area contributed by atoms with E-state index in [1.165, 1.54) is 5.47 Å². The van der Waals surface area contributed by atoms with Crippen LogP contribution in [0.15, 0.2) is 11.5 Å². The van der Waals surface area contributed by atoms with Crippen LogP contribution in [0, 0.1) is 5.92 Å². The van der Waals surface area contributed by atoms with Gasteiger partial charge in [-0.15, -0.1) is 0 Å². The van der Waals surface area contributed by atoms with Gasteiger partial charge in [-0.3, -0.25) is 0 Å². The summed E-state index contributed by atoms with van der Waals surface area (Å²) in [6, 6.07) is 0. The van der Waals surface area contributed by atoms with Crippen molar-refractivity contribution in [2.45, 2.75) is 64.4 Å². The van der Waals surface area contributed by atoms with Crippen molar-refractivity contribution < 1.29 is 18.8 Å². The van der Waals surface area contributed by atoms with E-state index in [2.05, 4.69) is 40.7 Å². The van der Waals surface area contributed by atoms with E-state index in [1.807, 2.05) is 0 Å². The molecule has 112 valence electrons. The quantitative estimate of drug-likeness (QED) is 0.692. The van der Waals surface area contributed by atoms with Gasteiger partial charge in [0, 0.05) is 12.3 Å². The second-order valence-electron chi connectivity index (χ2n) is 7.13. The highest BCUT2D eigenvalue weighted by atomic mass is 16.7. The highest BCUT2D eigenvalue weighted by Gasteiger charge is 2.54. The number of ether oxygens (including phenoxy) is 2. The molecule has 1 aliphatic carbocycles. The predicted octanol–water partition coefficient (Wildman–Crippen LogP) is 2.72. The highest BCUT2D eigenvalue weighted by molar-refractivity contribution is 6.54. The van der Waals surface area contributed by atoms with Crippen LogP contribution in [0.5, 0.6) is 0 Å². The zero-order valence-electron chi connectivity index (χ0n) is 13.2. The van der Waals surface area contributed by atoms with E-state index in [4.69, 9.17) is 18.8 Å². The van der Waals surface area contributed by atoms with Crippen molar-refractivity contribution in [1.29, 1.82) is 0 Å². The molecule has 0 aromatic heterocycles. The lowest BCUT2D eigenvalue weighted by molar-refractivity contribution is -0.187. The molecule has 5 heteroatoms. The topological polar surface area (TPSA) is 36.9 Å². The number of rotatable bonds is 1. The molecule has 4 nitrogen and oxygen atoms in total. The molecule has 2 aliphatic heterocycles. The molecule has 2 fully saturated rings. The van der Waals surface area contributed by atoms with Gasteiger partial charge in [0.15, 0.2) is 5.79 Å². The highest BCUT2D eigenvalue weighted by Crippen LogP contribution is 2.44. The molecule has 3 aliphatic rings. The van der Waals surface area contributed by atoms with Gasteiger partial charge in [-0.25, -0.2) is 0 Å². The summed E-state index contributed by atoms with van der Waals surface area (Å²) in [5, 5.41) is 0. The Morgan fingerprint density at radius 2 is 1.60 bits per heavy atom. The van der Waals surface area contributed by atoms with Crippen LogP contribution >= 0.6 is 0 Å². The van der Waals surface area contributed by atoms with Crippen LogP contribution in [0.2, 0.25) is 0 Å². The van der Waals surface area contributed by atoms with Gasteiger partial charge in [-0.05, 0) is 39.6 Å². The molecule has 0 radical (unpaired) electrons. The van der Waals surface area contributed by atoms with E-state index < -0.39 is 5.79 Å². The SMILES string of the molecule is CC1C=C(B2OC(C)(C)C(C)(C)O2)CCC12OCCO2. The van der Waals surface area contributed by atoms with Crippen molar-refractivity contribution in [1.82, 2.24) is 0 Å². The molecule has 2 heterocycles. The van der Waals surface area contributed by atoms with Gasteiger partial charge in [-0.1, -0.05) is 13.0 Å². The Labute approximate surface area is 121 Å². The summed E-state index contributed by atoms with van der Waals surface area (Å²) in [5.74, 6) is -0.180. The predicted molar refractivity (Wildman–Crippen MR) is 77.2 cm³/mol. The fraction of sp³-hybridized carbons (Fsp3) is 0.867. The van der Waals surface area contributed by atoms with Gasteiger partial charge in [0.1, 0.15) is 0 Å². The standard InChI is InChI=1S/C15H25BO4/c1-11-10-12(6-7-15(11)17-8-9-18-15)16-19-13(2,3)14(4,5)20-16/h10-11H,6-9H2,1-5H3. The van der Waals surface area contributed by atoms with Crippen LogP contribution in [-0.4, -0.2) is 37.3 Å². The molecule has 0 bridgehead atoms. The molecule has 0 aromatic rings. The normalized spacial score (nSPS) is 34.5. The fourth-order valence-electron chi connectivity index (χ4n) is 3.15. The van der Waals surface area contributed by atoms with Gasteiger partial charge in [-0.2, -0.15) is 0 Å². The van der Waals surface area contributed by atoms with Crippen molar-refractivity contribution in [3.63, 3.8) is 0 Å². The first kappa shape index (κ1) is 14.6. The van der Waals surface area contributed by atoms with E-state index in [-0.39, 0.29) is 24.2 Å². The maximum atomic E-state index is 6.13. The summed E-state index contributed by atoms with van der Waals surface area (Å²) in [6.45, 7) is 11.9. The van der Waals surface area contributed by atoms with E-state index in [1.54, 1.807) is 0 Å². The molecular weight excluding hydrogens is 255 g/mol. The lowest BCUT2D eigenvalue weighted by atomic mass is 9.69. The summed E-state index contributed by atoms with van der Waals surface area (Å²) in [6.07, 6.45) is 4.00. The zero-order chi connectivity index (χ0) is 14.6. The molecule has 1 spiro atoms. The van der Waals surface area contributed by atoms with E-state index in [0.717, 1.165) is 12.8 Å². The maximum Gasteiger partial charge on any atom is 0.490 e. The third kappa shape index (κ3) is 2.15. The molecule has 0 N–H and O–H groups in total. The van der Waals surface area contributed by atoms with Gasteiger partial charge >= 0.3 is 7.12 Å². The molecule has 3 rings (SSSR count). The molecule has 1 unspecified atom stereocenters. The molecule has 0 saturated carbocycles. The first-order valence-electron chi connectivity index (χ1n) is 7.60. The minimum atomic E-state index is -0.410.